The first-order chi connectivity index (χ1) is 8.36. The minimum Gasteiger partial charge on any atom is -0.490 e. The summed E-state index contributed by atoms with van der Waals surface area (Å²) in [6.07, 6.45) is 5.92. The molecule has 1 aliphatic carbocycles. The molecule has 5 heteroatoms. The fourth-order valence-corrected chi connectivity index (χ4v) is 2.26. The number of hydrogen-bond donors (Lipinski definition) is 2. The van der Waals surface area contributed by atoms with Crippen molar-refractivity contribution in [2.45, 2.75) is 24.8 Å². The molecule has 18 heavy (non-hydrogen) atoms. The molecule has 0 bridgehead atoms. The zero-order chi connectivity index (χ0) is 11.7. The van der Waals surface area contributed by atoms with E-state index in [2.05, 4.69) is 16.4 Å². The molecule has 2 fully saturated rings. The summed E-state index contributed by atoms with van der Waals surface area (Å²) in [7, 11) is 0. The summed E-state index contributed by atoms with van der Waals surface area (Å²) < 4.78 is 5.71. The van der Waals surface area contributed by atoms with Gasteiger partial charge in [-0.05, 0) is 42.9 Å². The SMILES string of the molecule is Cl.OC[C@H]1C[C@@H]1c1cncc(OC[C@@H]2CCN2)c1. The van der Waals surface area contributed by atoms with Gasteiger partial charge in [0.05, 0.1) is 6.20 Å². The number of aliphatic hydroxyl groups excluding tert-OH is 1. The molecule has 0 aromatic carbocycles. The highest BCUT2D eigenvalue weighted by Crippen LogP contribution is 2.47. The van der Waals surface area contributed by atoms with Crippen molar-refractivity contribution < 1.29 is 9.84 Å². The highest BCUT2D eigenvalue weighted by molar-refractivity contribution is 5.85. The molecule has 3 rings (SSSR count). The van der Waals surface area contributed by atoms with Gasteiger partial charge in [0, 0.05) is 18.8 Å². The fraction of sp³-hybridized carbons (Fsp3) is 0.615. The number of aliphatic hydroxyl groups is 1. The first-order valence-corrected chi connectivity index (χ1v) is 6.29. The van der Waals surface area contributed by atoms with Crippen LogP contribution < -0.4 is 10.1 Å². The Morgan fingerprint density at radius 2 is 2.28 bits per heavy atom. The number of rotatable bonds is 5. The highest BCUT2D eigenvalue weighted by atomic mass is 35.5. The Morgan fingerprint density at radius 1 is 1.44 bits per heavy atom. The summed E-state index contributed by atoms with van der Waals surface area (Å²) in [6, 6.07) is 2.57. The van der Waals surface area contributed by atoms with Crippen LogP contribution >= 0.6 is 12.4 Å². The van der Waals surface area contributed by atoms with Gasteiger partial charge in [0.2, 0.25) is 0 Å². The lowest BCUT2D eigenvalue weighted by Crippen LogP contribution is -2.46. The largest absolute Gasteiger partial charge is 0.490 e. The van der Waals surface area contributed by atoms with Crippen LogP contribution in [0.25, 0.3) is 0 Å². The Kier molecular flexibility index (Phi) is 4.43. The second-order valence-corrected chi connectivity index (χ2v) is 4.99. The molecule has 1 saturated carbocycles. The van der Waals surface area contributed by atoms with E-state index in [0.717, 1.165) is 25.3 Å². The molecule has 1 aromatic rings. The Hall–Kier alpha value is -0.840. The molecule has 4 nitrogen and oxygen atoms in total. The van der Waals surface area contributed by atoms with Crippen LogP contribution in [0.4, 0.5) is 0 Å². The molecule has 1 aliphatic heterocycles. The fourth-order valence-electron chi connectivity index (χ4n) is 2.26. The molecule has 3 atom stereocenters. The standard InChI is InChI=1S/C13H18N2O2.ClH/c16-7-10-4-13(10)9-3-12(6-14-5-9)17-8-11-1-2-15-11;/h3,5-6,10-11,13,15-16H,1-2,4,7-8H2;1H/t10-,11+,13-;/m1./s1. The van der Waals surface area contributed by atoms with Crippen molar-refractivity contribution in [3.63, 3.8) is 0 Å². The van der Waals surface area contributed by atoms with Gasteiger partial charge in [-0.2, -0.15) is 0 Å². The van der Waals surface area contributed by atoms with E-state index >= 15 is 0 Å². The van der Waals surface area contributed by atoms with Crippen LogP contribution in [0.15, 0.2) is 18.5 Å². The Bertz CT molecular complexity index is 398. The summed E-state index contributed by atoms with van der Waals surface area (Å²) in [4.78, 5) is 4.21. The molecule has 0 radical (unpaired) electrons. The van der Waals surface area contributed by atoms with E-state index in [1.54, 1.807) is 6.20 Å². The van der Waals surface area contributed by atoms with E-state index in [1.165, 1.54) is 12.0 Å². The summed E-state index contributed by atoms with van der Waals surface area (Å²) in [6.45, 7) is 2.10. The Labute approximate surface area is 113 Å². The van der Waals surface area contributed by atoms with Crippen LogP contribution in [0.2, 0.25) is 0 Å². The van der Waals surface area contributed by atoms with Crippen molar-refractivity contribution in [1.82, 2.24) is 10.3 Å². The molecular weight excluding hydrogens is 252 g/mol. The smallest absolute Gasteiger partial charge is 0.137 e. The predicted octanol–water partition coefficient (Wildman–Crippen LogP) is 1.34. The zero-order valence-corrected chi connectivity index (χ0v) is 11.0. The molecule has 2 aliphatic rings. The molecule has 1 saturated heterocycles. The zero-order valence-electron chi connectivity index (χ0n) is 10.2. The first-order valence-electron chi connectivity index (χ1n) is 6.29. The van der Waals surface area contributed by atoms with Crippen LogP contribution in [-0.4, -0.2) is 35.9 Å². The van der Waals surface area contributed by atoms with Gasteiger partial charge in [-0.1, -0.05) is 0 Å². The van der Waals surface area contributed by atoms with Gasteiger partial charge in [0.1, 0.15) is 12.4 Å². The molecule has 0 unspecified atom stereocenters. The van der Waals surface area contributed by atoms with Crippen LogP contribution in [0.1, 0.15) is 24.3 Å². The number of nitrogens with zero attached hydrogens (tertiary/aromatic N) is 1. The minimum atomic E-state index is 0. The molecule has 2 heterocycles. The van der Waals surface area contributed by atoms with Gasteiger partial charge in [-0.25, -0.2) is 0 Å². The van der Waals surface area contributed by atoms with Crippen molar-refractivity contribution in [1.29, 1.82) is 0 Å². The average Bonchev–Trinajstić information content (AvgIpc) is 3.07. The Balaban J connectivity index is 0.00000120. The van der Waals surface area contributed by atoms with Crippen molar-refractivity contribution in [2.75, 3.05) is 19.8 Å². The van der Waals surface area contributed by atoms with E-state index in [1.807, 2.05) is 6.20 Å². The monoisotopic (exact) mass is 270 g/mol. The lowest BCUT2D eigenvalue weighted by Gasteiger charge is -2.27. The molecular formula is C13H19ClN2O2. The summed E-state index contributed by atoms with van der Waals surface area (Å²) in [5, 5.41) is 12.4. The van der Waals surface area contributed by atoms with Crippen molar-refractivity contribution in [3.05, 3.63) is 24.0 Å². The Morgan fingerprint density at radius 3 is 2.89 bits per heavy atom. The van der Waals surface area contributed by atoms with E-state index in [0.29, 0.717) is 17.9 Å². The second kappa shape index (κ2) is 5.87. The van der Waals surface area contributed by atoms with E-state index in [-0.39, 0.29) is 19.0 Å². The average molecular weight is 271 g/mol. The number of halogens is 1. The van der Waals surface area contributed by atoms with Crippen LogP contribution in [-0.2, 0) is 0 Å². The quantitative estimate of drug-likeness (QED) is 0.848. The van der Waals surface area contributed by atoms with E-state index in [4.69, 9.17) is 9.84 Å². The minimum absolute atomic E-state index is 0. The number of hydrogen-bond acceptors (Lipinski definition) is 4. The van der Waals surface area contributed by atoms with Gasteiger partial charge in [-0.3, -0.25) is 4.98 Å². The number of pyridine rings is 1. The van der Waals surface area contributed by atoms with Crippen LogP contribution in [0.3, 0.4) is 0 Å². The molecule has 0 amide bonds. The lowest BCUT2D eigenvalue weighted by atomic mass is 10.1. The van der Waals surface area contributed by atoms with E-state index < -0.39 is 0 Å². The first kappa shape index (κ1) is 13.6. The maximum absolute atomic E-state index is 9.06. The van der Waals surface area contributed by atoms with Gasteiger partial charge < -0.3 is 15.2 Å². The summed E-state index contributed by atoms with van der Waals surface area (Å²) >= 11 is 0. The van der Waals surface area contributed by atoms with Crippen molar-refractivity contribution >= 4 is 12.4 Å². The van der Waals surface area contributed by atoms with Crippen molar-refractivity contribution in [3.8, 4) is 5.75 Å². The molecule has 0 spiro atoms. The van der Waals surface area contributed by atoms with Gasteiger partial charge in [0.25, 0.3) is 0 Å². The van der Waals surface area contributed by atoms with Crippen molar-refractivity contribution in [2.24, 2.45) is 5.92 Å². The third-order valence-corrected chi connectivity index (χ3v) is 3.70. The summed E-state index contributed by atoms with van der Waals surface area (Å²) in [5.41, 5.74) is 1.20. The second-order valence-electron chi connectivity index (χ2n) is 4.99. The van der Waals surface area contributed by atoms with E-state index in [9.17, 15) is 0 Å². The maximum Gasteiger partial charge on any atom is 0.137 e. The lowest BCUT2D eigenvalue weighted by molar-refractivity contribution is 0.216. The molecule has 1 aromatic heterocycles. The van der Waals surface area contributed by atoms with Gasteiger partial charge in [0.15, 0.2) is 0 Å². The number of nitrogens with one attached hydrogen (secondary N) is 1. The predicted molar refractivity (Wildman–Crippen MR) is 71.3 cm³/mol. The highest BCUT2D eigenvalue weighted by Gasteiger charge is 2.37. The number of aromatic nitrogens is 1. The van der Waals surface area contributed by atoms with Gasteiger partial charge >= 0.3 is 0 Å². The topological polar surface area (TPSA) is 54.4 Å². The molecule has 100 valence electrons. The normalized spacial score (nSPS) is 29.1. The maximum atomic E-state index is 9.06. The van der Waals surface area contributed by atoms with Gasteiger partial charge in [-0.15, -0.1) is 12.4 Å². The third kappa shape index (κ3) is 2.94. The molecule has 2 N–H and O–H groups in total. The number of ether oxygens (including phenoxy) is 1. The van der Waals surface area contributed by atoms with Crippen LogP contribution in [0.5, 0.6) is 5.75 Å². The summed E-state index contributed by atoms with van der Waals surface area (Å²) in [5.74, 6) is 1.76. The third-order valence-electron chi connectivity index (χ3n) is 3.70. The van der Waals surface area contributed by atoms with Crippen LogP contribution in [0, 0.1) is 5.92 Å².